The SMILES string of the molecule is Cc1cc[c-]c(-c2cc(CC(C)(C)C)c([Si](C)(C)C)cn2)c1F.Cc1ccc2oc3c[c-]c(-c4cc(C(C)c5ccccc5)ccn4)cc3c2c1.[Ir]. The number of aryl methyl sites for hydroxylation is 2. The first-order chi connectivity index (χ1) is 24.2. The average Bonchev–Trinajstić information content (AvgIpc) is 3.45. The summed E-state index contributed by atoms with van der Waals surface area (Å²) < 4.78 is 20.4. The van der Waals surface area contributed by atoms with Crippen LogP contribution >= 0.6 is 0 Å². The minimum Gasteiger partial charge on any atom is -0.500 e. The number of aromatic nitrogens is 2. The Balaban J connectivity index is 0.000000202. The van der Waals surface area contributed by atoms with Crippen LogP contribution in [-0.4, -0.2) is 18.0 Å². The van der Waals surface area contributed by atoms with E-state index in [4.69, 9.17) is 4.42 Å². The first kappa shape index (κ1) is 39.0. The zero-order valence-electron chi connectivity index (χ0n) is 31.6. The molecule has 7 rings (SSSR count). The Morgan fingerprint density at radius 3 is 2.25 bits per heavy atom. The second-order valence-electron chi connectivity index (χ2n) is 15.9. The quantitative estimate of drug-likeness (QED) is 0.123. The van der Waals surface area contributed by atoms with Gasteiger partial charge in [-0.25, -0.2) is 0 Å². The van der Waals surface area contributed by atoms with Gasteiger partial charge in [0.1, 0.15) is 5.58 Å². The van der Waals surface area contributed by atoms with Crippen LogP contribution in [0.2, 0.25) is 19.6 Å². The van der Waals surface area contributed by atoms with Crippen molar-refractivity contribution in [1.29, 1.82) is 0 Å². The fourth-order valence-corrected chi connectivity index (χ4v) is 8.15. The third-order valence-corrected chi connectivity index (χ3v) is 11.4. The van der Waals surface area contributed by atoms with Crippen molar-refractivity contribution >= 4 is 35.2 Å². The number of benzene rings is 4. The summed E-state index contributed by atoms with van der Waals surface area (Å²) in [5.74, 6) is 0.0894. The molecule has 1 radical (unpaired) electrons. The van der Waals surface area contributed by atoms with Crippen molar-refractivity contribution < 1.29 is 28.9 Å². The van der Waals surface area contributed by atoms with Crippen molar-refractivity contribution in [2.24, 2.45) is 5.41 Å². The first-order valence-electron chi connectivity index (χ1n) is 17.7. The Kier molecular flexibility index (Phi) is 11.8. The molecule has 0 amide bonds. The smallest absolute Gasteiger partial charge is 0.120 e. The molecule has 0 spiro atoms. The molecule has 7 aromatic rings. The van der Waals surface area contributed by atoms with Crippen LogP contribution in [0, 0.1) is 37.2 Å². The summed E-state index contributed by atoms with van der Waals surface area (Å²) >= 11 is 0. The minimum atomic E-state index is -1.49. The maximum Gasteiger partial charge on any atom is 0.120 e. The molecule has 6 heteroatoms. The second-order valence-corrected chi connectivity index (χ2v) is 20.9. The topological polar surface area (TPSA) is 38.9 Å². The average molecular weight is 883 g/mol. The number of furan rings is 1. The summed E-state index contributed by atoms with van der Waals surface area (Å²) in [6.45, 7) is 19.8. The fraction of sp³-hybridized carbons (Fsp3) is 0.261. The van der Waals surface area contributed by atoms with E-state index in [9.17, 15) is 4.39 Å². The fourth-order valence-electron chi connectivity index (χ4n) is 6.58. The van der Waals surface area contributed by atoms with Crippen LogP contribution in [0.4, 0.5) is 4.39 Å². The number of hydrogen-bond acceptors (Lipinski definition) is 3. The number of fused-ring (bicyclic) bond motifs is 3. The first-order valence-corrected chi connectivity index (χ1v) is 21.2. The van der Waals surface area contributed by atoms with E-state index in [2.05, 4.69) is 143 Å². The van der Waals surface area contributed by atoms with E-state index in [0.29, 0.717) is 22.7 Å². The second kappa shape index (κ2) is 15.8. The Morgan fingerprint density at radius 1 is 0.808 bits per heavy atom. The molecule has 4 aromatic carbocycles. The molecule has 1 unspecified atom stereocenters. The van der Waals surface area contributed by atoms with Crippen LogP contribution in [0.5, 0.6) is 0 Å². The molecule has 3 nitrogen and oxygen atoms in total. The molecule has 0 saturated carbocycles. The predicted molar refractivity (Wildman–Crippen MR) is 214 cm³/mol. The van der Waals surface area contributed by atoms with Gasteiger partial charge in [-0.15, -0.1) is 42.0 Å². The van der Waals surface area contributed by atoms with Gasteiger partial charge in [-0.3, -0.25) is 4.39 Å². The number of hydrogen-bond donors (Lipinski definition) is 0. The van der Waals surface area contributed by atoms with Gasteiger partial charge < -0.3 is 14.4 Å². The van der Waals surface area contributed by atoms with Gasteiger partial charge >= 0.3 is 0 Å². The van der Waals surface area contributed by atoms with Crippen molar-refractivity contribution in [1.82, 2.24) is 9.97 Å². The predicted octanol–water partition coefficient (Wildman–Crippen LogP) is 12.0. The molecule has 3 aromatic heterocycles. The van der Waals surface area contributed by atoms with Gasteiger partial charge in [0.15, 0.2) is 0 Å². The van der Waals surface area contributed by atoms with Crippen LogP contribution in [0.15, 0.2) is 108 Å². The van der Waals surface area contributed by atoms with Gasteiger partial charge in [0.25, 0.3) is 0 Å². The van der Waals surface area contributed by atoms with Crippen molar-refractivity contribution in [3.05, 3.63) is 149 Å². The summed E-state index contributed by atoms with van der Waals surface area (Å²) in [5.41, 5.74) is 10.7. The van der Waals surface area contributed by atoms with Crippen LogP contribution in [-0.2, 0) is 26.5 Å². The molecule has 0 aliphatic rings. The van der Waals surface area contributed by atoms with E-state index in [-0.39, 0.29) is 31.3 Å². The largest absolute Gasteiger partial charge is 0.500 e. The molecule has 0 aliphatic carbocycles. The zero-order valence-corrected chi connectivity index (χ0v) is 35.0. The van der Waals surface area contributed by atoms with Gasteiger partial charge in [0.05, 0.1) is 13.7 Å². The number of nitrogens with zero attached hydrogens (tertiary/aromatic N) is 2. The minimum absolute atomic E-state index is 0. The van der Waals surface area contributed by atoms with Gasteiger partial charge in [-0.1, -0.05) is 130 Å². The molecular weight excluding hydrogens is 836 g/mol. The summed E-state index contributed by atoms with van der Waals surface area (Å²) in [7, 11) is -1.49. The number of halogens is 1. The Labute approximate surface area is 323 Å². The van der Waals surface area contributed by atoms with Gasteiger partial charge in [-0.05, 0) is 64.7 Å². The molecule has 269 valence electrons. The van der Waals surface area contributed by atoms with E-state index in [1.54, 1.807) is 19.1 Å². The van der Waals surface area contributed by atoms with E-state index < -0.39 is 8.07 Å². The molecule has 1 atom stereocenters. The molecule has 0 bridgehead atoms. The summed E-state index contributed by atoms with van der Waals surface area (Å²) in [4.78, 5) is 9.18. The van der Waals surface area contributed by atoms with E-state index >= 15 is 0 Å². The van der Waals surface area contributed by atoms with E-state index in [1.165, 1.54) is 27.4 Å². The van der Waals surface area contributed by atoms with Crippen LogP contribution in [0.1, 0.15) is 61.4 Å². The molecule has 0 saturated heterocycles. The third kappa shape index (κ3) is 8.86. The number of rotatable bonds is 6. The summed E-state index contributed by atoms with van der Waals surface area (Å²) in [5, 5.41) is 3.61. The maximum atomic E-state index is 14.4. The Morgan fingerprint density at radius 2 is 1.54 bits per heavy atom. The van der Waals surface area contributed by atoms with Crippen molar-refractivity contribution in [2.75, 3.05) is 0 Å². The summed E-state index contributed by atoms with van der Waals surface area (Å²) in [6, 6.07) is 37.1. The van der Waals surface area contributed by atoms with Crippen molar-refractivity contribution in [3.63, 3.8) is 0 Å². The van der Waals surface area contributed by atoms with Gasteiger partial charge in [0, 0.05) is 49.6 Å². The molecule has 0 fully saturated rings. The molecule has 0 N–H and O–H groups in total. The summed E-state index contributed by atoms with van der Waals surface area (Å²) in [6.07, 6.45) is 4.83. The van der Waals surface area contributed by atoms with Gasteiger partial charge in [0.2, 0.25) is 0 Å². The van der Waals surface area contributed by atoms with Crippen molar-refractivity contribution in [3.8, 4) is 22.5 Å². The third-order valence-electron chi connectivity index (χ3n) is 9.32. The number of pyridine rings is 2. The van der Waals surface area contributed by atoms with E-state index in [0.717, 1.165) is 39.6 Å². The maximum absolute atomic E-state index is 14.4. The van der Waals surface area contributed by atoms with Crippen LogP contribution in [0.3, 0.4) is 0 Å². The van der Waals surface area contributed by atoms with Crippen LogP contribution in [0.25, 0.3) is 44.5 Å². The monoisotopic (exact) mass is 883 g/mol. The van der Waals surface area contributed by atoms with Crippen LogP contribution < -0.4 is 5.19 Å². The van der Waals surface area contributed by atoms with E-state index in [1.807, 2.05) is 24.5 Å². The Hall–Kier alpha value is -4.22. The molecule has 3 heterocycles. The molecule has 52 heavy (non-hydrogen) atoms. The standard InChI is InChI=1S/C26H20NO.C20H27FNSi.Ir/c1-17-8-10-25-22(14-17)23-15-21(9-11-26(23)28-25)24-16-20(12-13-27-24)18(2)19-6-4-3-5-7-19;1-14-9-8-10-16(19(14)21)17-11-15(12-20(2,3)4)18(13-22-17)23(5,6)7;/h3-8,10-16,18H,1-2H3;8-9,11,13H,12H2,1-7H3;/q2*-1;. The molecule has 0 aliphatic heterocycles. The zero-order chi connectivity index (χ0) is 36.5. The van der Waals surface area contributed by atoms with Gasteiger partial charge in [-0.2, -0.15) is 0 Å². The normalized spacial score (nSPS) is 12.3. The Bertz CT molecular complexity index is 2320. The van der Waals surface area contributed by atoms with Crippen molar-refractivity contribution in [2.45, 2.75) is 73.5 Å². The molecular formula is C46H47FIrN2OSi-2.